The third-order valence-electron chi connectivity index (χ3n) is 3.80. The molecule has 1 aromatic carbocycles. The molecule has 1 aromatic heterocycles. The van der Waals surface area contributed by atoms with Crippen LogP contribution in [0.2, 0.25) is 0 Å². The number of hydrogen-bond acceptors (Lipinski definition) is 5. The standard InChI is InChI=1S/C16H17N3O3/c1-10-13(15(20)21)9-18-16(19-10)17-8-11-6-7-22-14-5-3-2-4-12(11)14/h2-5,9,11H,6-8H2,1H3,(H,20,21)(H,17,18,19). The summed E-state index contributed by atoms with van der Waals surface area (Å²) in [6, 6.07) is 8.01. The molecule has 0 aliphatic carbocycles. The second kappa shape index (κ2) is 6.01. The van der Waals surface area contributed by atoms with Gasteiger partial charge in [0, 0.05) is 18.7 Å². The molecule has 6 heteroatoms. The van der Waals surface area contributed by atoms with Gasteiger partial charge in [-0.05, 0) is 25.0 Å². The van der Waals surface area contributed by atoms with E-state index in [1.807, 2.05) is 18.2 Å². The van der Waals surface area contributed by atoms with Gasteiger partial charge in [-0.3, -0.25) is 0 Å². The third kappa shape index (κ3) is 2.86. The van der Waals surface area contributed by atoms with E-state index in [4.69, 9.17) is 9.84 Å². The second-order valence-electron chi connectivity index (χ2n) is 5.25. The van der Waals surface area contributed by atoms with Crippen molar-refractivity contribution in [2.75, 3.05) is 18.5 Å². The maximum absolute atomic E-state index is 11.0. The largest absolute Gasteiger partial charge is 0.493 e. The lowest BCUT2D eigenvalue weighted by atomic mass is 9.93. The monoisotopic (exact) mass is 299 g/mol. The Morgan fingerprint density at radius 3 is 3.05 bits per heavy atom. The number of hydrogen-bond donors (Lipinski definition) is 2. The van der Waals surface area contributed by atoms with E-state index in [1.54, 1.807) is 6.92 Å². The maximum Gasteiger partial charge on any atom is 0.339 e. The molecule has 3 rings (SSSR count). The van der Waals surface area contributed by atoms with E-state index in [0.29, 0.717) is 30.7 Å². The number of nitrogens with one attached hydrogen (secondary N) is 1. The van der Waals surface area contributed by atoms with Gasteiger partial charge in [0.15, 0.2) is 0 Å². The van der Waals surface area contributed by atoms with Gasteiger partial charge >= 0.3 is 5.97 Å². The molecule has 2 N–H and O–H groups in total. The highest BCUT2D eigenvalue weighted by Crippen LogP contribution is 2.33. The van der Waals surface area contributed by atoms with Crippen LogP contribution in [0.15, 0.2) is 30.5 Å². The highest BCUT2D eigenvalue weighted by molar-refractivity contribution is 5.88. The first-order chi connectivity index (χ1) is 10.6. The lowest BCUT2D eigenvalue weighted by Gasteiger charge is -2.26. The van der Waals surface area contributed by atoms with Crippen molar-refractivity contribution in [3.05, 3.63) is 47.3 Å². The number of nitrogens with zero attached hydrogens (tertiary/aromatic N) is 2. The molecule has 1 aliphatic heterocycles. The molecule has 2 heterocycles. The molecule has 0 spiro atoms. The number of ether oxygens (including phenoxy) is 1. The molecule has 1 aliphatic rings. The molecular weight excluding hydrogens is 282 g/mol. The zero-order valence-corrected chi connectivity index (χ0v) is 12.2. The van der Waals surface area contributed by atoms with Crippen molar-refractivity contribution in [3.8, 4) is 5.75 Å². The molecule has 0 radical (unpaired) electrons. The molecular formula is C16H17N3O3. The predicted octanol–water partition coefficient (Wildman–Crippen LogP) is 2.46. The summed E-state index contributed by atoms with van der Waals surface area (Å²) < 4.78 is 5.64. The molecule has 0 fully saturated rings. The van der Waals surface area contributed by atoms with Gasteiger partial charge in [-0.2, -0.15) is 0 Å². The fraction of sp³-hybridized carbons (Fsp3) is 0.312. The lowest BCUT2D eigenvalue weighted by molar-refractivity contribution is 0.0695. The molecule has 0 bridgehead atoms. The fourth-order valence-corrected chi connectivity index (χ4v) is 2.60. The van der Waals surface area contributed by atoms with Crippen molar-refractivity contribution in [3.63, 3.8) is 0 Å². The van der Waals surface area contributed by atoms with Crippen molar-refractivity contribution >= 4 is 11.9 Å². The fourth-order valence-electron chi connectivity index (χ4n) is 2.60. The number of aromatic carboxylic acids is 1. The Bertz CT molecular complexity index is 703. The van der Waals surface area contributed by atoms with Crippen molar-refractivity contribution in [1.82, 2.24) is 9.97 Å². The zero-order chi connectivity index (χ0) is 15.5. The van der Waals surface area contributed by atoms with Crippen molar-refractivity contribution in [2.45, 2.75) is 19.3 Å². The van der Waals surface area contributed by atoms with E-state index < -0.39 is 5.97 Å². The highest BCUT2D eigenvalue weighted by Gasteiger charge is 2.21. The number of aromatic nitrogens is 2. The van der Waals surface area contributed by atoms with Gasteiger partial charge in [-0.1, -0.05) is 18.2 Å². The van der Waals surface area contributed by atoms with Crippen LogP contribution in [0.25, 0.3) is 0 Å². The number of para-hydroxylation sites is 1. The van der Waals surface area contributed by atoms with Crippen molar-refractivity contribution < 1.29 is 14.6 Å². The topological polar surface area (TPSA) is 84.3 Å². The van der Waals surface area contributed by atoms with Crippen LogP contribution in [0.5, 0.6) is 5.75 Å². The van der Waals surface area contributed by atoms with E-state index in [9.17, 15) is 4.79 Å². The zero-order valence-electron chi connectivity index (χ0n) is 12.2. The summed E-state index contributed by atoms with van der Waals surface area (Å²) in [4.78, 5) is 19.2. The van der Waals surface area contributed by atoms with Crippen molar-refractivity contribution in [2.24, 2.45) is 0 Å². The van der Waals surface area contributed by atoms with E-state index >= 15 is 0 Å². The first kappa shape index (κ1) is 14.3. The Hall–Kier alpha value is -2.63. The van der Waals surface area contributed by atoms with Gasteiger partial charge < -0.3 is 15.2 Å². The number of benzene rings is 1. The van der Waals surface area contributed by atoms with Crippen LogP contribution in [0.3, 0.4) is 0 Å². The molecule has 1 atom stereocenters. The van der Waals surface area contributed by atoms with Crippen LogP contribution in [-0.2, 0) is 0 Å². The molecule has 114 valence electrons. The Balaban J connectivity index is 1.71. The maximum atomic E-state index is 11.0. The SMILES string of the molecule is Cc1nc(NCC2CCOc3ccccc32)ncc1C(=O)O. The Kier molecular flexibility index (Phi) is 3.91. The van der Waals surface area contributed by atoms with Gasteiger partial charge in [0.05, 0.1) is 17.9 Å². The van der Waals surface area contributed by atoms with E-state index in [0.717, 1.165) is 12.2 Å². The Morgan fingerprint density at radius 1 is 1.45 bits per heavy atom. The molecule has 0 amide bonds. The van der Waals surface area contributed by atoms with Crippen LogP contribution < -0.4 is 10.1 Å². The number of aryl methyl sites for hydroxylation is 1. The summed E-state index contributed by atoms with van der Waals surface area (Å²) in [6.45, 7) is 3.05. The van der Waals surface area contributed by atoms with Crippen LogP contribution in [0.4, 0.5) is 5.95 Å². The van der Waals surface area contributed by atoms with E-state index in [1.165, 1.54) is 11.8 Å². The Morgan fingerprint density at radius 2 is 2.27 bits per heavy atom. The molecule has 2 aromatic rings. The van der Waals surface area contributed by atoms with Crippen molar-refractivity contribution in [1.29, 1.82) is 0 Å². The van der Waals surface area contributed by atoms with Crippen LogP contribution >= 0.6 is 0 Å². The normalized spacial score (nSPS) is 16.5. The summed E-state index contributed by atoms with van der Waals surface area (Å²) in [5.41, 5.74) is 1.76. The van der Waals surface area contributed by atoms with Gasteiger partial charge in [0.1, 0.15) is 5.75 Å². The first-order valence-electron chi connectivity index (χ1n) is 7.17. The average molecular weight is 299 g/mol. The first-order valence-corrected chi connectivity index (χ1v) is 7.17. The third-order valence-corrected chi connectivity index (χ3v) is 3.80. The predicted molar refractivity (Wildman–Crippen MR) is 81.5 cm³/mol. The summed E-state index contributed by atoms with van der Waals surface area (Å²) in [7, 11) is 0. The molecule has 22 heavy (non-hydrogen) atoms. The minimum atomic E-state index is -1.01. The summed E-state index contributed by atoms with van der Waals surface area (Å²) >= 11 is 0. The van der Waals surface area contributed by atoms with Crippen LogP contribution in [0, 0.1) is 6.92 Å². The van der Waals surface area contributed by atoms with Crippen LogP contribution in [-0.4, -0.2) is 34.2 Å². The van der Waals surface area contributed by atoms with E-state index in [-0.39, 0.29) is 5.56 Å². The van der Waals surface area contributed by atoms with Gasteiger partial charge in [-0.15, -0.1) is 0 Å². The minimum Gasteiger partial charge on any atom is -0.493 e. The molecule has 0 saturated carbocycles. The summed E-state index contributed by atoms with van der Waals surface area (Å²) in [5, 5.41) is 12.2. The quantitative estimate of drug-likeness (QED) is 0.902. The molecule has 1 unspecified atom stereocenters. The summed E-state index contributed by atoms with van der Waals surface area (Å²) in [5.74, 6) is 0.695. The number of anilines is 1. The number of rotatable bonds is 4. The number of carboxylic acids is 1. The second-order valence-corrected chi connectivity index (χ2v) is 5.25. The van der Waals surface area contributed by atoms with Gasteiger partial charge in [-0.25, -0.2) is 14.8 Å². The average Bonchev–Trinajstić information content (AvgIpc) is 2.52. The summed E-state index contributed by atoms with van der Waals surface area (Å²) in [6.07, 6.45) is 2.27. The lowest BCUT2D eigenvalue weighted by Crippen LogP contribution is -2.21. The highest BCUT2D eigenvalue weighted by atomic mass is 16.5. The molecule has 0 saturated heterocycles. The number of carboxylic acid groups (broad SMARTS) is 1. The smallest absolute Gasteiger partial charge is 0.339 e. The van der Waals surface area contributed by atoms with E-state index in [2.05, 4.69) is 21.4 Å². The van der Waals surface area contributed by atoms with Gasteiger partial charge in [0.2, 0.25) is 5.95 Å². The number of carbonyl (C=O) groups is 1. The number of fused-ring (bicyclic) bond motifs is 1. The van der Waals surface area contributed by atoms with Gasteiger partial charge in [0.25, 0.3) is 0 Å². The Labute approximate surface area is 128 Å². The van der Waals surface area contributed by atoms with Crippen LogP contribution in [0.1, 0.15) is 34.0 Å². The molecule has 6 nitrogen and oxygen atoms in total. The minimum absolute atomic E-state index is 0.127.